The maximum Gasteiger partial charge on any atom is 0.0474 e. The lowest BCUT2D eigenvalue weighted by molar-refractivity contribution is 1.41. The molecule has 0 aliphatic carbocycles. The Kier molecular flexibility index (Phi) is 1.59. The molecule has 0 saturated carbocycles. The van der Waals surface area contributed by atoms with Crippen molar-refractivity contribution in [2.24, 2.45) is 0 Å². The number of hydrogen-bond acceptors (Lipinski definition) is 0. The van der Waals surface area contributed by atoms with Crippen molar-refractivity contribution in [3.05, 3.63) is 36.0 Å². The van der Waals surface area contributed by atoms with Gasteiger partial charge in [0.25, 0.3) is 0 Å². The average molecular weight is 165 g/mol. The lowest BCUT2D eigenvalue weighted by Crippen LogP contribution is -1.75. The van der Waals surface area contributed by atoms with Gasteiger partial charge in [0.05, 0.1) is 0 Å². The van der Waals surface area contributed by atoms with Crippen molar-refractivity contribution in [1.82, 2.24) is 4.98 Å². The molecule has 1 heterocycles. The van der Waals surface area contributed by atoms with Crippen LogP contribution in [0.25, 0.3) is 10.9 Å². The largest absolute Gasteiger partial charge is 0.361 e. The summed E-state index contributed by atoms with van der Waals surface area (Å²) < 4.78 is 0. The number of H-pyrrole nitrogens is 1. The second-order valence-electron chi connectivity index (χ2n) is 2.45. The molecule has 2 heteroatoms. The van der Waals surface area contributed by atoms with E-state index in [2.05, 4.69) is 11.1 Å². The standard InChI is InChI=1S/C9H7ClN/c10-6-7-1-2-9-8(5-7)3-4-11-9/h1-2,4-5,11H,6H2. The minimum atomic E-state index is 0.564. The van der Waals surface area contributed by atoms with Crippen molar-refractivity contribution in [3.63, 3.8) is 0 Å². The fraction of sp³-hybridized carbons (Fsp3) is 0.111. The first kappa shape index (κ1) is 6.74. The minimum absolute atomic E-state index is 0.564. The summed E-state index contributed by atoms with van der Waals surface area (Å²) in [6, 6.07) is 9.15. The number of nitrogens with one attached hydrogen (secondary N) is 1. The molecule has 0 aliphatic heterocycles. The molecular formula is C9H7ClN. The zero-order valence-corrected chi connectivity index (χ0v) is 6.65. The number of hydrogen-bond donors (Lipinski definition) is 1. The van der Waals surface area contributed by atoms with Gasteiger partial charge in [0, 0.05) is 29.0 Å². The molecule has 0 amide bonds. The minimum Gasteiger partial charge on any atom is -0.361 e. The van der Waals surface area contributed by atoms with E-state index in [1.807, 2.05) is 24.4 Å². The van der Waals surface area contributed by atoms with Gasteiger partial charge in [0.15, 0.2) is 0 Å². The summed E-state index contributed by atoms with van der Waals surface area (Å²) >= 11 is 5.67. The van der Waals surface area contributed by atoms with Crippen LogP contribution in [0.4, 0.5) is 0 Å². The average Bonchev–Trinajstić information content (AvgIpc) is 2.50. The molecule has 1 nitrogen and oxygen atoms in total. The molecule has 0 spiro atoms. The Bertz CT molecular complexity index is 364. The molecule has 0 bridgehead atoms. The van der Waals surface area contributed by atoms with Crippen LogP contribution in [0.3, 0.4) is 0 Å². The van der Waals surface area contributed by atoms with E-state index in [0.29, 0.717) is 5.88 Å². The molecule has 2 aromatic rings. The van der Waals surface area contributed by atoms with Gasteiger partial charge < -0.3 is 4.98 Å². The second kappa shape index (κ2) is 2.59. The molecule has 55 valence electrons. The normalized spacial score (nSPS) is 10.6. The van der Waals surface area contributed by atoms with Crippen molar-refractivity contribution < 1.29 is 0 Å². The van der Waals surface area contributed by atoms with Gasteiger partial charge in [-0.05, 0) is 17.7 Å². The molecule has 1 radical (unpaired) electrons. The number of aromatic nitrogens is 1. The Morgan fingerprint density at radius 3 is 3.18 bits per heavy atom. The highest BCUT2D eigenvalue weighted by atomic mass is 35.5. The summed E-state index contributed by atoms with van der Waals surface area (Å²) in [6.45, 7) is 0. The third-order valence-corrected chi connectivity index (χ3v) is 2.00. The van der Waals surface area contributed by atoms with Crippen LogP contribution >= 0.6 is 11.6 Å². The first-order valence-electron chi connectivity index (χ1n) is 3.44. The number of rotatable bonds is 1. The van der Waals surface area contributed by atoms with Gasteiger partial charge in [-0.3, -0.25) is 0 Å². The van der Waals surface area contributed by atoms with Crippen LogP contribution in [-0.2, 0) is 5.88 Å². The summed E-state index contributed by atoms with van der Waals surface area (Å²) in [4.78, 5) is 3.07. The summed E-state index contributed by atoms with van der Waals surface area (Å²) in [7, 11) is 0. The van der Waals surface area contributed by atoms with Crippen LogP contribution in [0.1, 0.15) is 5.56 Å². The van der Waals surface area contributed by atoms with Crippen LogP contribution in [0.2, 0.25) is 0 Å². The number of aromatic amines is 1. The molecule has 1 N–H and O–H groups in total. The van der Waals surface area contributed by atoms with E-state index >= 15 is 0 Å². The number of benzene rings is 1. The Morgan fingerprint density at radius 1 is 1.45 bits per heavy atom. The Balaban J connectivity index is 2.67. The van der Waals surface area contributed by atoms with Gasteiger partial charge >= 0.3 is 0 Å². The Morgan fingerprint density at radius 2 is 2.36 bits per heavy atom. The lowest BCUT2D eigenvalue weighted by Gasteiger charge is -1.93. The maximum atomic E-state index is 5.67. The third-order valence-electron chi connectivity index (χ3n) is 1.69. The molecule has 1 aromatic heterocycles. The van der Waals surface area contributed by atoms with Crippen molar-refractivity contribution in [2.45, 2.75) is 5.88 Å². The van der Waals surface area contributed by atoms with Crippen molar-refractivity contribution in [2.75, 3.05) is 0 Å². The first-order chi connectivity index (χ1) is 5.40. The van der Waals surface area contributed by atoms with Crippen LogP contribution in [0.15, 0.2) is 24.4 Å². The van der Waals surface area contributed by atoms with Gasteiger partial charge in [0.1, 0.15) is 0 Å². The molecule has 0 saturated heterocycles. The molecule has 1 aromatic carbocycles. The topological polar surface area (TPSA) is 15.8 Å². The van der Waals surface area contributed by atoms with Crippen LogP contribution in [-0.4, -0.2) is 4.98 Å². The number of halogens is 1. The molecular weight excluding hydrogens is 158 g/mol. The second-order valence-corrected chi connectivity index (χ2v) is 2.71. The highest BCUT2D eigenvalue weighted by molar-refractivity contribution is 6.17. The molecule has 0 fully saturated rings. The molecule has 0 aliphatic rings. The summed E-state index contributed by atoms with van der Waals surface area (Å²) in [5.41, 5.74) is 2.24. The highest BCUT2D eigenvalue weighted by Crippen LogP contribution is 2.14. The Hall–Kier alpha value is -0.950. The molecule has 0 unspecified atom stereocenters. The van der Waals surface area contributed by atoms with Crippen LogP contribution in [0, 0.1) is 6.07 Å². The van der Waals surface area contributed by atoms with E-state index in [-0.39, 0.29) is 0 Å². The van der Waals surface area contributed by atoms with E-state index < -0.39 is 0 Å². The van der Waals surface area contributed by atoms with E-state index in [1.54, 1.807) is 0 Å². The number of alkyl halides is 1. The smallest absolute Gasteiger partial charge is 0.0474 e. The SMILES string of the molecule is ClCc1ccc2[nH]c[c]c2c1. The fourth-order valence-electron chi connectivity index (χ4n) is 1.11. The lowest BCUT2D eigenvalue weighted by atomic mass is 10.2. The summed E-state index contributed by atoms with van der Waals surface area (Å²) in [6.07, 6.45) is 1.81. The molecule has 2 rings (SSSR count). The van der Waals surface area contributed by atoms with Crippen molar-refractivity contribution >= 4 is 22.5 Å². The summed E-state index contributed by atoms with van der Waals surface area (Å²) in [5, 5.41) is 1.10. The first-order valence-corrected chi connectivity index (χ1v) is 3.97. The molecule has 0 atom stereocenters. The predicted molar refractivity (Wildman–Crippen MR) is 46.7 cm³/mol. The third kappa shape index (κ3) is 1.12. The van der Waals surface area contributed by atoms with Gasteiger partial charge in [0.2, 0.25) is 0 Å². The van der Waals surface area contributed by atoms with Crippen LogP contribution in [0.5, 0.6) is 0 Å². The van der Waals surface area contributed by atoms with Gasteiger partial charge in [-0.25, -0.2) is 0 Å². The van der Waals surface area contributed by atoms with Gasteiger partial charge in [-0.1, -0.05) is 6.07 Å². The zero-order valence-electron chi connectivity index (χ0n) is 5.89. The van der Waals surface area contributed by atoms with E-state index in [4.69, 9.17) is 11.6 Å². The quantitative estimate of drug-likeness (QED) is 0.624. The maximum absolute atomic E-state index is 5.67. The molecule has 11 heavy (non-hydrogen) atoms. The monoisotopic (exact) mass is 164 g/mol. The fourth-order valence-corrected chi connectivity index (χ4v) is 1.28. The summed E-state index contributed by atoms with van der Waals surface area (Å²) in [5.74, 6) is 0.564. The van der Waals surface area contributed by atoms with Gasteiger partial charge in [-0.2, -0.15) is 0 Å². The van der Waals surface area contributed by atoms with Crippen molar-refractivity contribution in [1.29, 1.82) is 0 Å². The Labute approximate surface area is 70.0 Å². The van der Waals surface area contributed by atoms with Crippen molar-refractivity contribution in [3.8, 4) is 0 Å². The zero-order chi connectivity index (χ0) is 7.68. The predicted octanol–water partition coefficient (Wildman–Crippen LogP) is 2.71. The highest BCUT2D eigenvalue weighted by Gasteiger charge is 1.94. The van der Waals surface area contributed by atoms with Crippen LogP contribution < -0.4 is 0 Å². The van der Waals surface area contributed by atoms with Gasteiger partial charge in [-0.15, -0.1) is 11.6 Å². The number of fused-ring (bicyclic) bond motifs is 1. The van der Waals surface area contributed by atoms with E-state index in [0.717, 1.165) is 16.5 Å². The van der Waals surface area contributed by atoms with E-state index in [1.165, 1.54) is 0 Å². The van der Waals surface area contributed by atoms with E-state index in [9.17, 15) is 0 Å².